The van der Waals surface area contributed by atoms with E-state index in [0.717, 1.165) is 12.0 Å². The minimum absolute atomic E-state index is 0.0534. The van der Waals surface area contributed by atoms with Crippen molar-refractivity contribution in [2.75, 3.05) is 41.5 Å². The van der Waals surface area contributed by atoms with Crippen molar-refractivity contribution in [2.45, 2.75) is 12.8 Å². The molecular weight excluding hydrogens is 282 g/mol. The van der Waals surface area contributed by atoms with Crippen molar-refractivity contribution in [2.24, 2.45) is 0 Å². The fourth-order valence-corrected chi connectivity index (χ4v) is 2.24. The van der Waals surface area contributed by atoms with E-state index in [2.05, 4.69) is 6.58 Å². The van der Waals surface area contributed by atoms with Gasteiger partial charge < -0.3 is 19.1 Å². The van der Waals surface area contributed by atoms with Crippen LogP contribution in [0.3, 0.4) is 0 Å². The molecule has 0 aromatic heterocycles. The molecule has 0 N–H and O–H groups in total. The first kappa shape index (κ1) is 18.0. The van der Waals surface area contributed by atoms with Crippen molar-refractivity contribution in [1.82, 2.24) is 4.90 Å². The second-order valence-electron chi connectivity index (χ2n) is 4.94. The van der Waals surface area contributed by atoms with Crippen LogP contribution in [0.4, 0.5) is 0 Å². The third-order valence-electron chi connectivity index (χ3n) is 3.36. The maximum atomic E-state index is 12.5. The number of carbonyl (C=O) groups is 1. The second-order valence-corrected chi connectivity index (χ2v) is 4.94. The second kappa shape index (κ2) is 9.10. The molecule has 1 aromatic rings. The van der Waals surface area contributed by atoms with Gasteiger partial charge in [-0.1, -0.05) is 6.08 Å². The summed E-state index contributed by atoms with van der Waals surface area (Å²) in [5.74, 6) is 1.14. The average molecular weight is 307 g/mol. The summed E-state index contributed by atoms with van der Waals surface area (Å²) in [6, 6.07) is 3.54. The van der Waals surface area contributed by atoms with Crippen LogP contribution >= 0.6 is 0 Å². The SMILES string of the molecule is C=CCc1cc(C(=O)N(C)CCCOC)cc(OC)c1OC. The number of ether oxygens (including phenoxy) is 3. The molecule has 22 heavy (non-hydrogen) atoms. The lowest BCUT2D eigenvalue weighted by molar-refractivity contribution is 0.0779. The molecule has 0 saturated heterocycles. The third-order valence-corrected chi connectivity index (χ3v) is 3.36. The van der Waals surface area contributed by atoms with Crippen LogP contribution in [0.5, 0.6) is 11.5 Å². The summed E-state index contributed by atoms with van der Waals surface area (Å²) >= 11 is 0. The van der Waals surface area contributed by atoms with Crippen LogP contribution in [-0.4, -0.2) is 52.3 Å². The monoisotopic (exact) mass is 307 g/mol. The van der Waals surface area contributed by atoms with Crippen molar-refractivity contribution in [1.29, 1.82) is 0 Å². The van der Waals surface area contributed by atoms with Gasteiger partial charge in [0.2, 0.25) is 0 Å². The molecular formula is C17H25NO4. The molecule has 0 unspecified atom stereocenters. The highest BCUT2D eigenvalue weighted by Crippen LogP contribution is 2.33. The highest BCUT2D eigenvalue weighted by atomic mass is 16.5. The molecule has 0 radical (unpaired) electrons. The van der Waals surface area contributed by atoms with Crippen LogP contribution in [0.2, 0.25) is 0 Å². The number of methoxy groups -OCH3 is 3. The average Bonchev–Trinajstić information content (AvgIpc) is 2.53. The fraction of sp³-hybridized carbons (Fsp3) is 0.471. The van der Waals surface area contributed by atoms with Gasteiger partial charge in [0, 0.05) is 38.4 Å². The number of amides is 1. The highest BCUT2D eigenvalue weighted by molar-refractivity contribution is 5.95. The zero-order chi connectivity index (χ0) is 16.5. The van der Waals surface area contributed by atoms with Gasteiger partial charge in [-0.2, -0.15) is 0 Å². The number of hydrogen-bond donors (Lipinski definition) is 0. The first-order chi connectivity index (χ1) is 10.6. The minimum atomic E-state index is -0.0534. The quantitative estimate of drug-likeness (QED) is 0.519. The van der Waals surface area contributed by atoms with Crippen molar-refractivity contribution in [3.8, 4) is 11.5 Å². The molecule has 0 saturated carbocycles. The van der Waals surface area contributed by atoms with Crippen LogP contribution < -0.4 is 9.47 Å². The van der Waals surface area contributed by atoms with E-state index < -0.39 is 0 Å². The summed E-state index contributed by atoms with van der Waals surface area (Å²) < 4.78 is 15.7. The van der Waals surface area contributed by atoms with E-state index >= 15 is 0 Å². The Kier molecular flexibility index (Phi) is 7.46. The fourth-order valence-electron chi connectivity index (χ4n) is 2.24. The Labute approximate surface area is 132 Å². The third kappa shape index (κ3) is 4.49. The predicted octanol–water partition coefficient (Wildman–Crippen LogP) is 2.54. The smallest absolute Gasteiger partial charge is 0.253 e. The van der Waals surface area contributed by atoms with E-state index in [1.54, 1.807) is 45.4 Å². The van der Waals surface area contributed by atoms with Gasteiger partial charge >= 0.3 is 0 Å². The molecule has 0 fully saturated rings. The molecule has 0 atom stereocenters. The first-order valence-corrected chi connectivity index (χ1v) is 7.19. The Morgan fingerprint density at radius 2 is 2.00 bits per heavy atom. The van der Waals surface area contributed by atoms with Crippen LogP contribution in [0.25, 0.3) is 0 Å². The van der Waals surface area contributed by atoms with E-state index in [4.69, 9.17) is 14.2 Å². The summed E-state index contributed by atoms with van der Waals surface area (Å²) in [7, 11) is 6.58. The van der Waals surface area contributed by atoms with Gasteiger partial charge in [0.05, 0.1) is 14.2 Å². The van der Waals surface area contributed by atoms with Gasteiger partial charge in [-0.3, -0.25) is 4.79 Å². The molecule has 1 aromatic carbocycles. The Morgan fingerprint density at radius 3 is 2.55 bits per heavy atom. The van der Waals surface area contributed by atoms with Gasteiger partial charge in [-0.25, -0.2) is 0 Å². The minimum Gasteiger partial charge on any atom is -0.493 e. The van der Waals surface area contributed by atoms with Gasteiger partial charge in [0.15, 0.2) is 11.5 Å². The normalized spacial score (nSPS) is 10.2. The largest absolute Gasteiger partial charge is 0.493 e. The number of benzene rings is 1. The first-order valence-electron chi connectivity index (χ1n) is 7.19. The zero-order valence-corrected chi connectivity index (χ0v) is 13.8. The molecule has 0 aliphatic heterocycles. The number of allylic oxidation sites excluding steroid dienone is 1. The van der Waals surface area contributed by atoms with Gasteiger partial charge in [0.25, 0.3) is 5.91 Å². The standard InChI is InChI=1S/C17H25NO4/c1-6-8-13-11-14(12-15(21-4)16(13)22-5)17(19)18(2)9-7-10-20-3/h6,11-12H,1,7-10H2,2-5H3. The number of hydrogen-bond acceptors (Lipinski definition) is 4. The van der Waals surface area contributed by atoms with Gasteiger partial charge in [0.1, 0.15) is 0 Å². The lowest BCUT2D eigenvalue weighted by atomic mass is 10.0. The van der Waals surface area contributed by atoms with Crippen molar-refractivity contribution in [3.63, 3.8) is 0 Å². The Hall–Kier alpha value is -2.01. The molecule has 1 amide bonds. The maximum absolute atomic E-state index is 12.5. The van der Waals surface area contributed by atoms with Crippen LogP contribution in [-0.2, 0) is 11.2 Å². The van der Waals surface area contributed by atoms with Crippen molar-refractivity contribution in [3.05, 3.63) is 35.9 Å². The molecule has 0 aliphatic carbocycles. The zero-order valence-electron chi connectivity index (χ0n) is 13.8. The Morgan fingerprint density at radius 1 is 1.27 bits per heavy atom. The maximum Gasteiger partial charge on any atom is 0.253 e. The molecule has 122 valence electrons. The van der Waals surface area contributed by atoms with Gasteiger partial charge in [-0.05, 0) is 25.0 Å². The van der Waals surface area contributed by atoms with Gasteiger partial charge in [-0.15, -0.1) is 6.58 Å². The van der Waals surface area contributed by atoms with Crippen molar-refractivity contribution < 1.29 is 19.0 Å². The molecule has 0 spiro atoms. The summed E-state index contributed by atoms with van der Waals surface area (Å²) in [6.45, 7) is 5.01. The molecule has 5 heteroatoms. The molecule has 0 aliphatic rings. The molecule has 5 nitrogen and oxygen atoms in total. The van der Waals surface area contributed by atoms with Crippen LogP contribution in [0.15, 0.2) is 24.8 Å². The summed E-state index contributed by atoms with van der Waals surface area (Å²) in [5.41, 5.74) is 1.46. The lowest BCUT2D eigenvalue weighted by Gasteiger charge is -2.19. The van der Waals surface area contributed by atoms with E-state index in [1.165, 1.54) is 0 Å². The Bertz CT molecular complexity index is 514. The number of rotatable bonds is 9. The lowest BCUT2D eigenvalue weighted by Crippen LogP contribution is -2.28. The summed E-state index contributed by atoms with van der Waals surface area (Å²) in [6.07, 6.45) is 3.17. The molecule has 1 rings (SSSR count). The van der Waals surface area contributed by atoms with E-state index in [9.17, 15) is 4.79 Å². The predicted molar refractivity (Wildman–Crippen MR) is 86.9 cm³/mol. The molecule has 0 bridgehead atoms. The summed E-state index contributed by atoms with van der Waals surface area (Å²) in [5, 5.41) is 0. The highest BCUT2D eigenvalue weighted by Gasteiger charge is 2.18. The van der Waals surface area contributed by atoms with Crippen molar-refractivity contribution >= 4 is 5.91 Å². The number of nitrogens with zero attached hydrogens (tertiary/aromatic N) is 1. The summed E-state index contributed by atoms with van der Waals surface area (Å²) in [4.78, 5) is 14.2. The van der Waals surface area contributed by atoms with E-state index in [1.807, 2.05) is 6.07 Å². The van der Waals surface area contributed by atoms with E-state index in [0.29, 0.717) is 36.6 Å². The van der Waals surface area contributed by atoms with E-state index in [-0.39, 0.29) is 5.91 Å². The number of carbonyl (C=O) groups excluding carboxylic acids is 1. The topological polar surface area (TPSA) is 48.0 Å². The Balaban J connectivity index is 3.05. The molecule has 0 heterocycles. The van der Waals surface area contributed by atoms with Crippen LogP contribution in [0, 0.1) is 0 Å². The van der Waals surface area contributed by atoms with Crippen LogP contribution in [0.1, 0.15) is 22.3 Å².